The minimum atomic E-state index is -4.22. The fraction of sp³-hybridized carbons (Fsp3) is 1.00. The number of halogens is 4. The van der Waals surface area contributed by atoms with E-state index >= 15 is 0 Å². The summed E-state index contributed by atoms with van der Waals surface area (Å²) in [7, 11) is 0. The number of rotatable bonds is 7. The minimum Gasteiger partial charge on any atom is -0.372 e. The summed E-state index contributed by atoms with van der Waals surface area (Å²) in [5.74, 6) is 0.507. The van der Waals surface area contributed by atoms with E-state index in [2.05, 4.69) is 10.1 Å². The van der Waals surface area contributed by atoms with E-state index in [4.69, 9.17) is 11.6 Å². The van der Waals surface area contributed by atoms with E-state index in [1.54, 1.807) is 0 Å². The van der Waals surface area contributed by atoms with E-state index in [0.717, 1.165) is 19.4 Å². The first-order chi connectivity index (χ1) is 7.99. The van der Waals surface area contributed by atoms with Gasteiger partial charge in [-0.2, -0.15) is 13.2 Å². The van der Waals surface area contributed by atoms with Crippen molar-refractivity contribution in [3.63, 3.8) is 0 Å². The average Bonchev–Trinajstić information content (AvgIpc) is 2.61. The Morgan fingerprint density at radius 2 is 2.06 bits per heavy atom. The second-order valence-electron chi connectivity index (χ2n) is 4.43. The summed E-state index contributed by atoms with van der Waals surface area (Å²) in [6.07, 6.45) is -0.234. The Hall–Kier alpha value is 0. The van der Waals surface area contributed by atoms with Crippen molar-refractivity contribution in [2.75, 3.05) is 26.3 Å². The Morgan fingerprint density at radius 1 is 1.29 bits per heavy atom. The van der Waals surface area contributed by atoms with Crippen LogP contribution in [0, 0.1) is 5.92 Å². The van der Waals surface area contributed by atoms with Crippen LogP contribution in [0.2, 0.25) is 0 Å². The van der Waals surface area contributed by atoms with Gasteiger partial charge in [0.25, 0.3) is 0 Å². The van der Waals surface area contributed by atoms with Crippen molar-refractivity contribution < 1.29 is 17.9 Å². The molecule has 2 nitrogen and oxygen atoms in total. The summed E-state index contributed by atoms with van der Waals surface area (Å²) >= 11 is 6.10. The molecule has 0 aliphatic heterocycles. The molecule has 1 rings (SSSR count). The largest absolute Gasteiger partial charge is 0.411 e. The highest BCUT2D eigenvalue weighted by Gasteiger charge is 2.27. The zero-order valence-corrected chi connectivity index (χ0v) is 10.5. The topological polar surface area (TPSA) is 21.3 Å². The number of alkyl halides is 4. The lowest BCUT2D eigenvalue weighted by atomic mass is 10.1. The highest BCUT2D eigenvalue weighted by atomic mass is 35.5. The maximum absolute atomic E-state index is 11.7. The van der Waals surface area contributed by atoms with Gasteiger partial charge >= 0.3 is 6.18 Å². The van der Waals surface area contributed by atoms with Crippen LogP contribution in [-0.4, -0.2) is 37.9 Å². The van der Waals surface area contributed by atoms with Gasteiger partial charge in [0.05, 0.1) is 0 Å². The van der Waals surface area contributed by atoms with Gasteiger partial charge in [0.15, 0.2) is 0 Å². The Kier molecular flexibility index (Phi) is 6.59. The van der Waals surface area contributed by atoms with Crippen LogP contribution >= 0.6 is 11.6 Å². The molecule has 1 aliphatic rings. The molecule has 17 heavy (non-hydrogen) atoms. The van der Waals surface area contributed by atoms with Crippen LogP contribution in [0.4, 0.5) is 13.2 Å². The lowest BCUT2D eigenvalue weighted by Crippen LogP contribution is -2.27. The summed E-state index contributed by atoms with van der Waals surface area (Å²) in [6, 6.07) is 0. The van der Waals surface area contributed by atoms with Gasteiger partial charge in [-0.05, 0) is 38.3 Å². The molecule has 102 valence electrons. The number of ether oxygens (including phenoxy) is 1. The molecule has 2 unspecified atom stereocenters. The van der Waals surface area contributed by atoms with E-state index in [0.29, 0.717) is 18.9 Å². The van der Waals surface area contributed by atoms with Crippen LogP contribution in [0.25, 0.3) is 0 Å². The maximum Gasteiger partial charge on any atom is 0.411 e. The Bertz CT molecular complexity index is 213. The molecule has 1 fully saturated rings. The molecule has 0 saturated heterocycles. The summed E-state index contributed by atoms with van der Waals surface area (Å²) in [5.41, 5.74) is 0. The molecule has 0 radical (unpaired) electrons. The molecule has 1 N–H and O–H groups in total. The SMILES string of the molecule is FC(F)(F)COCCCNCC1CCCC1Cl. The van der Waals surface area contributed by atoms with Crippen molar-refractivity contribution in [3.8, 4) is 0 Å². The van der Waals surface area contributed by atoms with Crippen molar-refractivity contribution in [2.45, 2.75) is 37.2 Å². The van der Waals surface area contributed by atoms with Crippen LogP contribution in [0.15, 0.2) is 0 Å². The third-order valence-electron chi connectivity index (χ3n) is 2.88. The predicted octanol–water partition coefficient (Wildman–Crippen LogP) is 2.95. The second-order valence-corrected chi connectivity index (χ2v) is 4.99. The third-order valence-corrected chi connectivity index (χ3v) is 3.46. The van der Waals surface area contributed by atoms with Gasteiger partial charge in [-0.15, -0.1) is 11.6 Å². The van der Waals surface area contributed by atoms with E-state index in [9.17, 15) is 13.2 Å². The molecule has 0 spiro atoms. The van der Waals surface area contributed by atoms with Gasteiger partial charge < -0.3 is 10.1 Å². The Labute approximate surface area is 105 Å². The van der Waals surface area contributed by atoms with E-state index in [-0.39, 0.29) is 12.0 Å². The molecule has 2 atom stereocenters. The van der Waals surface area contributed by atoms with Gasteiger partial charge in [-0.25, -0.2) is 0 Å². The average molecular weight is 274 g/mol. The monoisotopic (exact) mass is 273 g/mol. The molecule has 0 heterocycles. The van der Waals surface area contributed by atoms with Crippen LogP contribution in [-0.2, 0) is 4.74 Å². The molecule has 0 amide bonds. The number of nitrogens with one attached hydrogen (secondary N) is 1. The van der Waals surface area contributed by atoms with Crippen LogP contribution < -0.4 is 5.32 Å². The minimum absolute atomic E-state index is 0.140. The number of hydrogen-bond donors (Lipinski definition) is 1. The molecule has 6 heteroatoms. The third kappa shape index (κ3) is 7.11. The first-order valence-electron chi connectivity index (χ1n) is 5.98. The van der Waals surface area contributed by atoms with Crippen molar-refractivity contribution in [1.82, 2.24) is 5.32 Å². The summed E-state index contributed by atoms with van der Waals surface area (Å²) in [4.78, 5) is 0. The summed E-state index contributed by atoms with van der Waals surface area (Å²) in [5, 5.41) is 3.46. The zero-order valence-electron chi connectivity index (χ0n) is 9.73. The zero-order chi connectivity index (χ0) is 12.7. The van der Waals surface area contributed by atoms with Gasteiger partial charge in [0.1, 0.15) is 6.61 Å². The maximum atomic E-state index is 11.7. The van der Waals surface area contributed by atoms with Crippen molar-refractivity contribution >= 4 is 11.6 Å². The van der Waals surface area contributed by atoms with Crippen LogP contribution in [0.5, 0.6) is 0 Å². The van der Waals surface area contributed by atoms with Crippen molar-refractivity contribution in [2.24, 2.45) is 5.92 Å². The van der Waals surface area contributed by atoms with Crippen molar-refractivity contribution in [1.29, 1.82) is 0 Å². The van der Waals surface area contributed by atoms with Crippen molar-refractivity contribution in [3.05, 3.63) is 0 Å². The first-order valence-corrected chi connectivity index (χ1v) is 6.42. The first kappa shape index (κ1) is 15.1. The molecule has 0 aromatic heterocycles. The van der Waals surface area contributed by atoms with E-state index in [1.165, 1.54) is 6.42 Å². The van der Waals surface area contributed by atoms with Crippen LogP contribution in [0.1, 0.15) is 25.7 Å². The standard InChI is InChI=1S/C11H19ClF3NO/c12-10-4-1-3-9(10)7-16-5-2-6-17-8-11(13,14)15/h9-10,16H,1-8H2. The fourth-order valence-corrected chi connectivity index (χ4v) is 2.37. The van der Waals surface area contributed by atoms with Gasteiger partial charge in [-0.1, -0.05) is 6.42 Å². The van der Waals surface area contributed by atoms with E-state index < -0.39 is 12.8 Å². The normalized spacial score (nSPS) is 25.4. The van der Waals surface area contributed by atoms with Gasteiger partial charge in [-0.3, -0.25) is 0 Å². The predicted molar refractivity (Wildman–Crippen MR) is 61.3 cm³/mol. The number of hydrogen-bond acceptors (Lipinski definition) is 2. The highest BCUT2D eigenvalue weighted by molar-refractivity contribution is 6.20. The summed E-state index contributed by atoms with van der Waals surface area (Å²) < 4.78 is 39.7. The molecule has 0 aromatic carbocycles. The highest BCUT2D eigenvalue weighted by Crippen LogP contribution is 2.29. The Balaban J connectivity index is 1.88. The summed E-state index contributed by atoms with van der Waals surface area (Å²) in [6.45, 7) is 0.520. The van der Waals surface area contributed by atoms with Crippen LogP contribution in [0.3, 0.4) is 0 Å². The Morgan fingerprint density at radius 3 is 2.65 bits per heavy atom. The molecule has 1 aliphatic carbocycles. The molecule has 0 bridgehead atoms. The smallest absolute Gasteiger partial charge is 0.372 e. The van der Waals surface area contributed by atoms with Gasteiger partial charge in [0, 0.05) is 12.0 Å². The lowest BCUT2D eigenvalue weighted by molar-refractivity contribution is -0.173. The quantitative estimate of drug-likeness (QED) is 0.569. The van der Waals surface area contributed by atoms with E-state index in [1.807, 2.05) is 0 Å². The molecule has 0 aromatic rings. The second kappa shape index (κ2) is 7.44. The molecular formula is C11H19ClF3NO. The fourth-order valence-electron chi connectivity index (χ4n) is 2.00. The molecule has 1 saturated carbocycles. The molecular weight excluding hydrogens is 255 g/mol. The van der Waals surface area contributed by atoms with Gasteiger partial charge in [0.2, 0.25) is 0 Å². The lowest BCUT2D eigenvalue weighted by Gasteiger charge is -2.14.